The fraction of sp³-hybridized carbons (Fsp3) is 0.770. The zero-order valence-electron chi connectivity index (χ0n) is 49.2. The molecule has 16 unspecified atom stereocenters. The third-order valence-corrected chi connectivity index (χ3v) is 18.5. The Morgan fingerprint density at radius 2 is 1.57 bits per heavy atom. The number of carbonyl (C=O) groups is 6. The summed E-state index contributed by atoms with van der Waals surface area (Å²) in [5.74, 6) is -9.76. The normalized spacial score (nSPS) is 38.6. The molecule has 6 rings (SSSR count). The van der Waals surface area contributed by atoms with Gasteiger partial charge in [-0.25, -0.2) is 4.79 Å². The van der Waals surface area contributed by atoms with Crippen LogP contribution in [0.3, 0.4) is 0 Å². The number of fused-ring (bicyclic) bond motifs is 16. The topological polar surface area (TPSA) is 262 Å². The molecule has 0 aromatic heterocycles. The Kier molecular flexibility index (Phi) is 23.6. The number of Topliss-reactive ketones (excluding diaryl/α,β-unsaturated/α-hetero) is 3. The summed E-state index contributed by atoms with van der Waals surface area (Å²) in [5, 5.41) is 55.6. The van der Waals surface area contributed by atoms with E-state index in [0.29, 0.717) is 76.2 Å². The highest BCUT2D eigenvalue weighted by Crippen LogP contribution is 2.60. The molecule has 0 radical (unpaired) electrons. The highest BCUT2D eigenvalue weighted by atomic mass is 16.6. The lowest BCUT2D eigenvalue weighted by Crippen LogP contribution is -2.61. The van der Waals surface area contributed by atoms with Crippen LogP contribution in [0.25, 0.3) is 0 Å². The lowest BCUT2D eigenvalue weighted by molar-refractivity contribution is -0.265. The number of hydrogen-bond acceptors (Lipinski definition) is 17. The molecule has 4 heterocycles. The third kappa shape index (κ3) is 15.0. The van der Waals surface area contributed by atoms with Gasteiger partial charge in [-0.3, -0.25) is 24.0 Å². The molecule has 1 amide bonds. The fourth-order valence-corrected chi connectivity index (χ4v) is 12.8. The van der Waals surface area contributed by atoms with Crippen LogP contribution in [0.4, 0.5) is 0 Å². The zero-order valence-corrected chi connectivity index (χ0v) is 49.2. The number of aliphatic hydroxyl groups is 5. The van der Waals surface area contributed by atoms with Gasteiger partial charge in [-0.1, -0.05) is 71.4 Å². The second-order valence-corrected chi connectivity index (χ2v) is 24.4. The molecule has 0 aromatic carbocycles. The molecule has 2 aliphatic carbocycles. The maximum absolute atomic E-state index is 14.6. The average molecular weight is 1110 g/mol. The molecule has 2 saturated heterocycles. The molecular formula is C61H95NO17. The Bertz CT molecular complexity index is 2270. The van der Waals surface area contributed by atoms with E-state index in [1.807, 2.05) is 45.1 Å². The number of hydrogen-bond donors (Lipinski definition) is 5. The SMILES string of the molecule is CCCC12CC(=C/C=C/C=C(\C)C(OC)CC3CCC(C)C(O)(O3)C(=O)C(=O)N3CCCCC3C(=O)OC(C(C)CC3CCC(OC(=O)C(C)(CO)CO)C(OC)C3)CC(=O)C(C)/C=C(\C)C(O)C(OC)C(=O)C(C)C1)C2(C)O. The molecule has 18 heteroatoms. The first kappa shape index (κ1) is 65.8. The van der Waals surface area contributed by atoms with Gasteiger partial charge in [-0.05, 0) is 133 Å². The number of piperidine rings is 1. The average Bonchev–Trinajstić information content (AvgIpc) is 3.50. The number of allylic oxidation sites excluding steroid dienone is 5. The van der Waals surface area contributed by atoms with E-state index in [1.165, 1.54) is 21.1 Å². The van der Waals surface area contributed by atoms with Crippen molar-refractivity contribution >= 4 is 35.2 Å². The molecule has 2 saturated carbocycles. The van der Waals surface area contributed by atoms with E-state index in [4.69, 9.17) is 28.4 Å². The number of ketones is 3. The molecule has 5 N–H and O–H groups in total. The van der Waals surface area contributed by atoms with E-state index < -0.39 is 132 Å². The summed E-state index contributed by atoms with van der Waals surface area (Å²) >= 11 is 0. The molecule has 4 aliphatic heterocycles. The van der Waals surface area contributed by atoms with Crippen molar-refractivity contribution in [3.63, 3.8) is 0 Å². The van der Waals surface area contributed by atoms with Gasteiger partial charge in [0.25, 0.3) is 11.7 Å². The molecule has 79 heavy (non-hydrogen) atoms. The summed E-state index contributed by atoms with van der Waals surface area (Å²) in [7, 11) is 4.41. The van der Waals surface area contributed by atoms with E-state index in [2.05, 4.69) is 0 Å². The molecule has 16 atom stereocenters. The van der Waals surface area contributed by atoms with Crippen LogP contribution in [0.5, 0.6) is 0 Å². The van der Waals surface area contributed by atoms with Gasteiger partial charge in [-0.2, -0.15) is 0 Å². The van der Waals surface area contributed by atoms with Crippen molar-refractivity contribution in [1.82, 2.24) is 4.90 Å². The zero-order chi connectivity index (χ0) is 58.8. The van der Waals surface area contributed by atoms with Crippen LogP contribution < -0.4 is 0 Å². The predicted octanol–water partition coefficient (Wildman–Crippen LogP) is 6.40. The van der Waals surface area contributed by atoms with Crippen LogP contribution >= 0.6 is 0 Å². The molecule has 0 spiro atoms. The minimum atomic E-state index is -2.50. The molecule has 4 bridgehead atoms. The Balaban J connectivity index is 1.50. The van der Waals surface area contributed by atoms with Crippen LogP contribution in [0.1, 0.15) is 159 Å². The number of methoxy groups -OCH3 is 3. The first-order chi connectivity index (χ1) is 37.2. The van der Waals surface area contributed by atoms with Crippen LogP contribution in [0, 0.1) is 40.4 Å². The van der Waals surface area contributed by atoms with E-state index in [-0.39, 0.29) is 43.3 Å². The third-order valence-electron chi connectivity index (χ3n) is 18.5. The highest BCUT2D eigenvalue weighted by molar-refractivity contribution is 6.39. The standard InChI is InChI=1S/C61H95NO17/c1-13-25-60-32-40(6)52(67)53(76-12)51(66)39(5)27-37(3)46(65)31-49(38(4)28-42-22-24-47(50(29-42)75-11)78-57(71)58(8,34-63)35-64)77-56(70)45-20-16-17-26-62(45)55(69)54(68)61(73)41(7)21-23-44(79-61)30-48(74-10)36(2)18-14-15-19-43(33-60)59(60,9)72/h14-15,18-19,27,37-38,40-42,44-45,47-51,53,63-64,66,72-73H,13,16-17,20-26,28-35H2,1-12H3/b15-14+,36-18+,39-27+,43-19?. The lowest BCUT2D eigenvalue weighted by atomic mass is 9.49. The van der Waals surface area contributed by atoms with E-state index in [9.17, 15) is 54.3 Å². The summed E-state index contributed by atoms with van der Waals surface area (Å²) in [6.07, 6.45) is 9.08. The van der Waals surface area contributed by atoms with Crippen LogP contribution in [-0.2, 0) is 57.2 Å². The maximum atomic E-state index is 14.6. The van der Waals surface area contributed by atoms with Gasteiger partial charge in [0, 0.05) is 63.9 Å². The van der Waals surface area contributed by atoms with Crippen LogP contribution in [0.2, 0.25) is 0 Å². The Morgan fingerprint density at radius 1 is 0.886 bits per heavy atom. The largest absolute Gasteiger partial charge is 0.460 e. The Morgan fingerprint density at radius 3 is 2.19 bits per heavy atom. The molecule has 0 aromatic rings. The van der Waals surface area contributed by atoms with Crippen molar-refractivity contribution in [3.8, 4) is 0 Å². The van der Waals surface area contributed by atoms with Gasteiger partial charge in [-0.15, -0.1) is 0 Å². The number of amides is 1. The predicted molar refractivity (Wildman–Crippen MR) is 294 cm³/mol. The number of ether oxygens (including phenoxy) is 6. The number of esters is 2. The second-order valence-electron chi connectivity index (χ2n) is 24.4. The van der Waals surface area contributed by atoms with Crippen molar-refractivity contribution in [2.75, 3.05) is 41.1 Å². The number of nitrogens with zero attached hydrogens (tertiary/aromatic N) is 1. The fourth-order valence-electron chi connectivity index (χ4n) is 12.8. The smallest absolute Gasteiger partial charge is 0.329 e. The van der Waals surface area contributed by atoms with Crippen LogP contribution in [-0.4, -0.2) is 167 Å². The van der Waals surface area contributed by atoms with E-state index >= 15 is 0 Å². The van der Waals surface area contributed by atoms with Crippen molar-refractivity contribution in [2.24, 2.45) is 40.4 Å². The van der Waals surface area contributed by atoms with Crippen molar-refractivity contribution in [3.05, 3.63) is 47.1 Å². The number of rotatable bonds is 12. The summed E-state index contributed by atoms with van der Waals surface area (Å²) in [6.45, 7) is 14.5. The first-order valence-electron chi connectivity index (χ1n) is 28.9. The summed E-state index contributed by atoms with van der Waals surface area (Å²) in [5.41, 5.74) is -1.40. The second kappa shape index (κ2) is 28.3. The summed E-state index contributed by atoms with van der Waals surface area (Å²) in [6, 6.07) is -1.22. The lowest BCUT2D eigenvalue weighted by Gasteiger charge is -2.58. The van der Waals surface area contributed by atoms with E-state index in [1.54, 1.807) is 47.8 Å². The van der Waals surface area contributed by atoms with E-state index in [0.717, 1.165) is 22.5 Å². The van der Waals surface area contributed by atoms with Gasteiger partial charge in [0.1, 0.15) is 41.7 Å². The minimum absolute atomic E-state index is 0.0314. The first-order valence-corrected chi connectivity index (χ1v) is 28.9. The monoisotopic (exact) mass is 1110 g/mol. The summed E-state index contributed by atoms with van der Waals surface area (Å²) < 4.78 is 35.7. The summed E-state index contributed by atoms with van der Waals surface area (Å²) in [4.78, 5) is 86.4. The van der Waals surface area contributed by atoms with Gasteiger partial charge in [0.05, 0.1) is 37.1 Å². The van der Waals surface area contributed by atoms with Crippen molar-refractivity contribution < 1.29 is 82.7 Å². The minimum Gasteiger partial charge on any atom is -0.460 e. The van der Waals surface area contributed by atoms with Gasteiger partial charge >= 0.3 is 11.9 Å². The number of aliphatic hydroxyl groups excluding tert-OH is 3. The van der Waals surface area contributed by atoms with Gasteiger partial charge in [0.15, 0.2) is 5.78 Å². The number of carbonyl (C=O) groups excluding carboxylic acids is 6. The molecule has 446 valence electrons. The molecular weight excluding hydrogens is 1020 g/mol. The Labute approximate surface area is 468 Å². The van der Waals surface area contributed by atoms with Gasteiger partial charge < -0.3 is 58.9 Å². The van der Waals surface area contributed by atoms with Crippen LogP contribution in [0.15, 0.2) is 47.1 Å². The maximum Gasteiger partial charge on any atom is 0.329 e. The quantitative estimate of drug-likeness (QED) is 0.0805. The highest BCUT2D eigenvalue weighted by Gasteiger charge is 2.59. The molecule has 18 nitrogen and oxygen atoms in total. The molecule has 4 fully saturated rings. The van der Waals surface area contributed by atoms with Gasteiger partial charge in [0.2, 0.25) is 5.79 Å². The van der Waals surface area contributed by atoms with Crippen molar-refractivity contribution in [1.29, 1.82) is 0 Å². The van der Waals surface area contributed by atoms with Crippen molar-refractivity contribution in [2.45, 2.75) is 219 Å². The Hall–Kier alpha value is -3.98. The molecule has 6 aliphatic rings.